The summed E-state index contributed by atoms with van der Waals surface area (Å²) >= 11 is 5.95. The highest BCUT2D eigenvalue weighted by molar-refractivity contribution is 6.30. The van der Waals surface area contributed by atoms with Crippen molar-refractivity contribution < 1.29 is 4.79 Å². The molecule has 0 bridgehead atoms. The number of ketones is 1. The first kappa shape index (κ1) is 15.6. The van der Waals surface area contributed by atoms with Crippen LogP contribution in [-0.4, -0.2) is 15.2 Å². The molecular weight excluding hydrogens is 332 g/mol. The van der Waals surface area contributed by atoms with E-state index in [0.29, 0.717) is 10.6 Å². The van der Waals surface area contributed by atoms with Gasteiger partial charge in [-0.15, -0.1) is 0 Å². The van der Waals surface area contributed by atoms with E-state index in [1.54, 1.807) is 6.92 Å². The third kappa shape index (κ3) is 3.06. The van der Waals surface area contributed by atoms with E-state index in [9.17, 15) is 4.79 Å². The minimum Gasteiger partial charge on any atom is -0.306 e. The largest absolute Gasteiger partial charge is 0.306 e. The van der Waals surface area contributed by atoms with Crippen LogP contribution >= 0.6 is 11.6 Å². The van der Waals surface area contributed by atoms with Crippen molar-refractivity contribution in [3.63, 3.8) is 0 Å². The molecule has 0 saturated carbocycles. The molecule has 4 rings (SSSR count). The van der Waals surface area contributed by atoms with Gasteiger partial charge in [-0.1, -0.05) is 41.9 Å². The maximum Gasteiger partial charge on any atom is 0.159 e. The molecule has 0 N–H and O–H groups in total. The maximum absolute atomic E-state index is 11.6. The van der Waals surface area contributed by atoms with Crippen molar-refractivity contribution in [3.8, 4) is 22.4 Å². The lowest BCUT2D eigenvalue weighted by Gasteiger charge is -2.04. The molecule has 0 fully saturated rings. The van der Waals surface area contributed by atoms with Crippen LogP contribution in [0.2, 0.25) is 5.02 Å². The quantitative estimate of drug-likeness (QED) is 0.457. The second kappa shape index (κ2) is 6.19. The highest BCUT2D eigenvalue weighted by Gasteiger charge is 2.07. The van der Waals surface area contributed by atoms with Gasteiger partial charge in [-0.05, 0) is 48.4 Å². The molecule has 2 heterocycles. The molecule has 25 heavy (non-hydrogen) atoms. The number of hydrogen-bond acceptors (Lipinski definition) is 2. The number of Topliss-reactive ketones (excluding diaryl/α,β-unsaturated/α-hetero) is 1. The van der Waals surface area contributed by atoms with Crippen LogP contribution in [0.1, 0.15) is 17.3 Å². The molecule has 4 heteroatoms. The molecule has 0 spiro atoms. The summed E-state index contributed by atoms with van der Waals surface area (Å²) in [5, 5.41) is 0.708. The number of aromatic nitrogens is 2. The molecule has 0 aliphatic heterocycles. The number of imidazole rings is 1. The number of hydrogen-bond donors (Lipinski definition) is 0. The summed E-state index contributed by atoms with van der Waals surface area (Å²) in [5.74, 6) is 0.0654. The van der Waals surface area contributed by atoms with E-state index in [1.165, 1.54) is 0 Å². The zero-order valence-corrected chi connectivity index (χ0v) is 14.4. The molecule has 0 aliphatic rings. The Hall–Kier alpha value is -2.91. The molecule has 0 aliphatic carbocycles. The van der Waals surface area contributed by atoms with Crippen LogP contribution in [0.15, 0.2) is 73.1 Å². The van der Waals surface area contributed by atoms with E-state index < -0.39 is 0 Å². The standard InChI is InChI=1S/C21H15ClN2O/c1-14(25)16-3-2-4-17(11-16)18-7-10-21-23-20(13-24(21)12-18)15-5-8-19(22)9-6-15/h2-13H,1H3. The van der Waals surface area contributed by atoms with Gasteiger partial charge in [0.25, 0.3) is 0 Å². The molecule has 0 atom stereocenters. The fourth-order valence-corrected chi connectivity index (χ4v) is 2.97. The van der Waals surface area contributed by atoms with Crippen LogP contribution in [0, 0.1) is 0 Å². The van der Waals surface area contributed by atoms with Crippen molar-refractivity contribution in [2.24, 2.45) is 0 Å². The van der Waals surface area contributed by atoms with Crippen LogP contribution < -0.4 is 0 Å². The Morgan fingerprint density at radius 2 is 1.68 bits per heavy atom. The van der Waals surface area contributed by atoms with Crippen molar-refractivity contribution in [2.75, 3.05) is 0 Å². The molecule has 0 radical (unpaired) electrons. The van der Waals surface area contributed by atoms with Crippen molar-refractivity contribution in [1.29, 1.82) is 0 Å². The first-order valence-electron chi connectivity index (χ1n) is 7.96. The lowest BCUT2D eigenvalue weighted by atomic mass is 10.0. The van der Waals surface area contributed by atoms with Crippen molar-refractivity contribution in [2.45, 2.75) is 6.92 Å². The van der Waals surface area contributed by atoms with Gasteiger partial charge in [-0.2, -0.15) is 0 Å². The van der Waals surface area contributed by atoms with Gasteiger partial charge in [0.2, 0.25) is 0 Å². The minimum atomic E-state index is 0.0654. The van der Waals surface area contributed by atoms with E-state index in [1.807, 2.05) is 77.5 Å². The Kier molecular flexibility index (Phi) is 3.86. The summed E-state index contributed by atoms with van der Waals surface area (Å²) in [5.41, 5.74) is 5.55. The zero-order chi connectivity index (χ0) is 17.4. The third-order valence-corrected chi connectivity index (χ3v) is 4.45. The Morgan fingerprint density at radius 3 is 2.44 bits per heavy atom. The van der Waals surface area contributed by atoms with Crippen LogP contribution in [-0.2, 0) is 0 Å². The number of benzene rings is 2. The molecule has 0 unspecified atom stereocenters. The number of pyridine rings is 1. The predicted molar refractivity (Wildman–Crippen MR) is 101 cm³/mol. The van der Waals surface area contributed by atoms with Gasteiger partial charge in [0.1, 0.15) is 5.65 Å². The normalized spacial score (nSPS) is 11.0. The second-order valence-corrected chi connectivity index (χ2v) is 6.39. The van der Waals surface area contributed by atoms with Gasteiger partial charge < -0.3 is 4.40 Å². The zero-order valence-electron chi connectivity index (χ0n) is 13.6. The molecule has 3 nitrogen and oxygen atoms in total. The summed E-state index contributed by atoms with van der Waals surface area (Å²) in [4.78, 5) is 16.3. The van der Waals surface area contributed by atoms with Crippen molar-refractivity contribution in [3.05, 3.63) is 83.6 Å². The SMILES string of the molecule is CC(=O)c1cccc(-c2ccc3nc(-c4ccc(Cl)cc4)cn3c2)c1. The Bertz CT molecular complexity index is 1080. The average molecular weight is 347 g/mol. The van der Waals surface area contributed by atoms with E-state index >= 15 is 0 Å². The Morgan fingerprint density at radius 1 is 0.920 bits per heavy atom. The number of carbonyl (C=O) groups excluding carboxylic acids is 1. The first-order valence-corrected chi connectivity index (χ1v) is 8.34. The van der Waals surface area contributed by atoms with E-state index in [0.717, 1.165) is 28.0 Å². The summed E-state index contributed by atoms with van der Waals surface area (Å²) in [6, 6.07) is 19.3. The molecule has 122 valence electrons. The van der Waals surface area contributed by atoms with Crippen LogP contribution in [0.4, 0.5) is 0 Å². The molecule has 0 saturated heterocycles. The van der Waals surface area contributed by atoms with Gasteiger partial charge in [-0.25, -0.2) is 4.98 Å². The van der Waals surface area contributed by atoms with Gasteiger partial charge in [0.15, 0.2) is 5.78 Å². The van der Waals surface area contributed by atoms with Gasteiger partial charge in [0, 0.05) is 28.5 Å². The first-order chi connectivity index (χ1) is 12.1. The molecule has 2 aromatic heterocycles. The molecule has 4 aromatic rings. The number of rotatable bonds is 3. The van der Waals surface area contributed by atoms with Crippen molar-refractivity contribution >= 4 is 23.0 Å². The van der Waals surface area contributed by atoms with Gasteiger partial charge in [-0.3, -0.25) is 4.79 Å². The Labute approximate surface area is 150 Å². The summed E-state index contributed by atoms with van der Waals surface area (Å²) in [7, 11) is 0. The highest BCUT2D eigenvalue weighted by atomic mass is 35.5. The Balaban J connectivity index is 1.77. The fraction of sp³-hybridized carbons (Fsp3) is 0.0476. The molecule has 0 amide bonds. The minimum absolute atomic E-state index is 0.0654. The van der Waals surface area contributed by atoms with E-state index in [2.05, 4.69) is 4.98 Å². The van der Waals surface area contributed by atoms with E-state index in [4.69, 9.17) is 11.6 Å². The number of nitrogens with zero attached hydrogens (tertiary/aromatic N) is 2. The lowest BCUT2D eigenvalue weighted by molar-refractivity contribution is 0.101. The molecular formula is C21H15ClN2O. The predicted octanol–water partition coefficient (Wildman–Crippen LogP) is 5.52. The van der Waals surface area contributed by atoms with Gasteiger partial charge in [0.05, 0.1) is 5.69 Å². The van der Waals surface area contributed by atoms with Crippen LogP contribution in [0.3, 0.4) is 0 Å². The van der Waals surface area contributed by atoms with E-state index in [-0.39, 0.29) is 5.78 Å². The molecule has 2 aromatic carbocycles. The van der Waals surface area contributed by atoms with Crippen LogP contribution in [0.25, 0.3) is 28.0 Å². The third-order valence-electron chi connectivity index (χ3n) is 4.19. The monoisotopic (exact) mass is 346 g/mol. The van der Waals surface area contributed by atoms with Crippen molar-refractivity contribution in [1.82, 2.24) is 9.38 Å². The number of fused-ring (bicyclic) bond motifs is 1. The smallest absolute Gasteiger partial charge is 0.159 e. The fourth-order valence-electron chi connectivity index (χ4n) is 2.84. The lowest BCUT2D eigenvalue weighted by Crippen LogP contribution is -1.92. The second-order valence-electron chi connectivity index (χ2n) is 5.95. The van der Waals surface area contributed by atoms with Gasteiger partial charge >= 0.3 is 0 Å². The summed E-state index contributed by atoms with van der Waals surface area (Å²) < 4.78 is 2.00. The highest BCUT2D eigenvalue weighted by Crippen LogP contribution is 2.25. The topological polar surface area (TPSA) is 34.4 Å². The number of halogens is 1. The average Bonchev–Trinajstić information content (AvgIpc) is 3.05. The summed E-state index contributed by atoms with van der Waals surface area (Å²) in [6.45, 7) is 1.58. The van der Waals surface area contributed by atoms with Crippen LogP contribution in [0.5, 0.6) is 0 Å². The summed E-state index contributed by atoms with van der Waals surface area (Å²) in [6.07, 6.45) is 4.03. The number of carbonyl (C=O) groups is 1. The maximum atomic E-state index is 11.6.